The summed E-state index contributed by atoms with van der Waals surface area (Å²) >= 11 is 0. The third-order valence-electron chi connectivity index (χ3n) is 2.77. The van der Waals surface area contributed by atoms with Crippen molar-refractivity contribution in [2.24, 2.45) is 0 Å². The molecule has 0 radical (unpaired) electrons. The van der Waals surface area contributed by atoms with Gasteiger partial charge in [0, 0.05) is 0 Å². The number of nitrogens with zero attached hydrogens (tertiary/aromatic N) is 2. The molecular weight excluding hydrogens is 220 g/mol. The maximum atomic E-state index is 10.9. The Morgan fingerprint density at radius 3 is 2.76 bits per heavy atom. The number of aryl methyl sites for hydroxylation is 1. The number of aliphatic carboxylic acids is 1. The molecule has 5 nitrogen and oxygen atoms in total. The van der Waals surface area contributed by atoms with E-state index in [-0.39, 0.29) is 6.54 Å². The molecule has 0 saturated heterocycles. The summed E-state index contributed by atoms with van der Waals surface area (Å²) < 4.78 is 1.71. The number of rotatable bonds is 3. The van der Waals surface area contributed by atoms with Crippen LogP contribution in [-0.2, 0) is 11.3 Å². The molecule has 0 aliphatic carbocycles. The molecule has 5 heteroatoms. The average Bonchev–Trinajstić information content (AvgIpc) is 2.55. The van der Waals surface area contributed by atoms with E-state index in [1.165, 1.54) is 6.92 Å². The van der Waals surface area contributed by atoms with Crippen LogP contribution >= 0.6 is 0 Å². The Morgan fingerprint density at radius 2 is 2.12 bits per heavy atom. The van der Waals surface area contributed by atoms with Gasteiger partial charge >= 0.3 is 5.97 Å². The summed E-state index contributed by atoms with van der Waals surface area (Å²) in [4.78, 5) is 15.2. The monoisotopic (exact) mass is 234 g/mol. The predicted octanol–water partition coefficient (Wildman–Crippen LogP) is 1.18. The van der Waals surface area contributed by atoms with E-state index in [1.807, 2.05) is 24.3 Å². The molecule has 90 valence electrons. The van der Waals surface area contributed by atoms with E-state index in [9.17, 15) is 9.90 Å². The molecule has 0 bridgehead atoms. The first-order valence-corrected chi connectivity index (χ1v) is 5.29. The lowest BCUT2D eigenvalue weighted by Crippen LogP contribution is -2.39. The Hall–Kier alpha value is -1.88. The zero-order valence-electron chi connectivity index (χ0n) is 9.71. The molecule has 1 heterocycles. The minimum atomic E-state index is -1.80. The van der Waals surface area contributed by atoms with Crippen LogP contribution in [0.2, 0.25) is 0 Å². The van der Waals surface area contributed by atoms with Crippen LogP contribution < -0.4 is 0 Å². The maximum Gasteiger partial charge on any atom is 0.337 e. The lowest BCUT2D eigenvalue weighted by molar-refractivity contribution is -0.157. The fourth-order valence-electron chi connectivity index (χ4n) is 1.77. The van der Waals surface area contributed by atoms with Gasteiger partial charge in [0.25, 0.3) is 0 Å². The summed E-state index contributed by atoms with van der Waals surface area (Å²) in [6, 6.07) is 7.44. The molecule has 2 N–H and O–H groups in total. The molecule has 0 spiro atoms. The predicted molar refractivity (Wildman–Crippen MR) is 62.7 cm³/mol. The SMILES string of the molecule is Cc1nc2ccccc2n1CC(C)(O)C(=O)O. The van der Waals surface area contributed by atoms with Crippen molar-refractivity contribution in [2.45, 2.75) is 26.0 Å². The van der Waals surface area contributed by atoms with Crippen molar-refractivity contribution in [2.75, 3.05) is 0 Å². The smallest absolute Gasteiger partial charge is 0.337 e. The van der Waals surface area contributed by atoms with Gasteiger partial charge in [-0.15, -0.1) is 0 Å². The molecule has 2 aromatic rings. The van der Waals surface area contributed by atoms with Crippen LogP contribution in [-0.4, -0.2) is 31.3 Å². The van der Waals surface area contributed by atoms with Crippen molar-refractivity contribution in [3.05, 3.63) is 30.1 Å². The molecule has 17 heavy (non-hydrogen) atoms. The van der Waals surface area contributed by atoms with Crippen LogP contribution in [0.25, 0.3) is 11.0 Å². The first-order valence-electron chi connectivity index (χ1n) is 5.29. The van der Waals surface area contributed by atoms with Crippen LogP contribution in [0, 0.1) is 6.92 Å². The van der Waals surface area contributed by atoms with E-state index in [0.717, 1.165) is 11.0 Å². The zero-order chi connectivity index (χ0) is 12.6. The van der Waals surface area contributed by atoms with Gasteiger partial charge in [-0.25, -0.2) is 9.78 Å². The summed E-state index contributed by atoms with van der Waals surface area (Å²) in [5.41, 5.74) is -0.175. The Labute approximate surface area is 98.3 Å². The van der Waals surface area contributed by atoms with E-state index in [2.05, 4.69) is 4.98 Å². The minimum absolute atomic E-state index is 0.0192. The molecule has 2 rings (SSSR count). The first-order chi connectivity index (χ1) is 7.92. The second kappa shape index (κ2) is 3.85. The van der Waals surface area contributed by atoms with Gasteiger partial charge in [0.1, 0.15) is 5.82 Å². The van der Waals surface area contributed by atoms with Crippen molar-refractivity contribution in [3.63, 3.8) is 0 Å². The molecule has 1 unspecified atom stereocenters. The van der Waals surface area contributed by atoms with Gasteiger partial charge < -0.3 is 14.8 Å². The number of imidazole rings is 1. The Bertz CT molecular complexity index is 572. The highest BCUT2D eigenvalue weighted by Crippen LogP contribution is 2.18. The number of para-hydroxylation sites is 2. The zero-order valence-corrected chi connectivity index (χ0v) is 9.71. The van der Waals surface area contributed by atoms with Crippen molar-refractivity contribution >= 4 is 17.0 Å². The molecule has 0 aliphatic rings. The van der Waals surface area contributed by atoms with Gasteiger partial charge in [-0.2, -0.15) is 0 Å². The van der Waals surface area contributed by atoms with Crippen LogP contribution in [0.5, 0.6) is 0 Å². The van der Waals surface area contributed by atoms with E-state index in [4.69, 9.17) is 5.11 Å². The maximum absolute atomic E-state index is 10.9. The number of carboxylic acid groups (broad SMARTS) is 1. The Morgan fingerprint density at radius 1 is 1.47 bits per heavy atom. The molecular formula is C12H14N2O3. The number of benzene rings is 1. The number of aromatic nitrogens is 2. The number of carbonyl (C=O) groups is 1. The molecule has 0 fully saturated rings. The highest BCUT2D eigenvalue weighted by Gasteiger charge is 2.31. The standard InChI is InChI=1S/C12H14N2O3/c1-8-13-9-5-3-4-6-10(9)14(8)7-12(2,17)11(15)16/h3-6,17H,7H2,1-2H3,(H,15,16). The lowest BCUT2D eigenvalue weighted by Gasteiger charge is -2.19. The van der Waals surface area contributed by atoms with Gasteiger partial charge in [0.05, 0.1) is 17.6 Å². The van der Waals surface area contributed by atoms with Crippen molar-refractivity contribution in [1.82, 2.24) is 9.55 Å². The highest BCUT2D eigenvalue weighted by molar-refractivity contribution is 5.78. The van der Waals surface area contributed by atoms with Crippen LogP contribution in [0.15, 0.2) is 24.3 Å². The summed E-state index contributed by atoms with van der Waals surface area (Å²) in [6.45, 7) is 3.05. The molecule has 0 amide bonds. The molecule has 1 atom stereocenters. The number of carboxylic acids is 1. The Balaban J connectivity index is 2.49. The second-order valence-electron chi connectivity index (χ2n) is 4.31. The quantitative estimate of drug-likeness (QED) is 0.836. The van der Waals surface area contributed by atoms with E-state index < -0.39 is 11.6 Å². The van der Waals surface area contributed by atoms with Crippen LogP contribution in [0.3, 0.4) is 0 Å². The summed E-state index contributed by atoms with van der Waals surface area (Å²) in [6.07, 6.45) is 0. The fraction of sp³-hybridized carbons (Fsp3) is 0.333. The third-order valence-corrected chi connectivity index (χ3v) is 2.77. The summed E-state index contributed by atoms with van der Waals surface area (Å²) in [7, 11) is 0. The minimum Gasteiger partial charge on any atom is -0.479 e. The van der Waals surface area contributed by atoms with E-state index in [1.54, 1.807) is 11.5 Å². The summed E-state index contributed by atoms with van der Waals surface area (Å²) in [5.74, 6) is -0.553. The van der Waals surface area contributed by atoms with E-state index >= 15 is 0 Å². The largest absolute Gasteiger partial charge is 0.479 e. The number of hydrogen-bond donors (Lipinski definition) is 2. The van der Waals surface area contributed by atoms with Gasteiger partial charge in [-0.3, -0.25) is 0 Å². The first kappa shape index (κ1) is 11.6. The van der Waals surface area contributed by atoms with Crippen molar-refractivity contribution < 1.29 is 15.0 Å². The lowest BCUT2D eigenvalue weighted by atomic mass is 10.1. The number of fused-ring (bicyclic) bond motifs is 1. The molecule has 1 aromatic carbocycles. The van der Waals surface area contributed by atoms with Crippen LogP contribution in [0.4, 0.5) is 0 Å². The molecule has 0 saturated carbocycles. The Kier molecular flexibility index (Phi) is 2.63. The summed E-state index contributed by atoms with van der Waals surface area (Å²) in [5, 5.41) is 18.7. The van der Waals surface area contributed by atoms with Crippen LogP contribution in [0.1, 0.15) is 12.7 Å². The number of hydrogen-bond acceptors (Lipinski definition) is 3. The van der Waals surface area contributed by atoms with Gasteiger partial charge in [0.15, 0.2) is 5.60 Å². The normalized spacial score (nSPS) is 14.8. The van der Waals surface area contributed by atoms with Gasteiger partial charge in [0.2, 0.25) is 0 Å². The topological polar surface area (TPSA) is 75.3 Å². The van der Waals surface area contributed by atoms with Crippen molar-refractivity contribution in [1.29, 1.82) is 0 Å². The van der Waals surface area contributed by atoms with E-state index in [0.29, 0.717) is 5.82 Å². The average molecular weight is 234 g/mol. The molecule has 0 aliphatic heterocycles. The van der Waals surface area contributed by atoms with Gasteiger partial charge in [-0.05, 0) is 26.0 Å². The molecule has 1 aromatic heterocycles. The number of aliphatic hydroxyl groups is 1. The second-order valence-corrected chi connectivity index (χ2v) is 4.31. The fourth-order valence-corrected chi connectivity index (χ4v) is 1.77. The third kappa shape index (κ3) is 2.01. The highest BCUT2D eigenvalue weighted by atomic mass is 16.4. The van der Waals surface area contributed by atoms with Gasteiger partial charge in [-0.1, -0.05) is 12.1 Å². The van der Waals surface area contributed by atoms with Crippen molar-refractivity contribution in [3.8, 4) is 0 Å².